The van der Waals surface area contributed by atoms with Crippen LogP contribution in [0.5, 0.6) is 0 Å². The summed E-state index contributed by atoms with van der Waals surface area (Å²) < 4.78 is 28.2. The van der Waals surface area contributed by atoms with Crippen molar-refractivity contribution < 1.29 is 13.6 Å². The van der Waals surface area contributed by atoms with Gasteiger partial charge in [-0.05, 0) is 60.2 Å². The summed E-state index contributed by atoms with van der Waals surface area (Å²) >= 11 is 0. The Balaban J connectivity index is 1.77. The van der Waals surface area contributed by atoms with Crippen LogP contribution in [0.25, 0.3) is 11.1 Å². The Morgan fingerprint density at radius 2 is 1.89 bits per heavy atom. The number of carbonyl (C=O) groups is 1. The van der Waals surface area contributed by atoms with Crippen LogP contribution in [0.3, 0.4) is 0 Å². The molecule has 2 aromatic carbocycles. The van der Waals surface area contributed by atoms with E-state index >= 15 is 0 Å². The smallest absolute Gasteiger partial charge is 0.259 e. The molecule has 0 aliphatic carbocycles. The van der Waals surface area contributed by atoms with Crippen molar-refractivity contribution in [2.45, 2.75) is 51.9 Å². The molecule has 0 bridgehead atoms. The van der Waals surface area contributed by atoms with E-state index in [9.17, 15) is 13.6 Å². The predicted molar refractivity (Wildman–Crippen MR) is 139 cm³/mol. The number of halogens is 2. The Hall–Kier alpha value is -3.79. The lowest BCUT2D eigenvalue weighted by molar-refractivity contribution is -0.0102. The van der Waals surface area contributed by atoms with Crippen molar-refractivity contribution in [3.05, 3.63) is 77.0 Å². The van der Waals surface area contributed by atoms with Crippen LogP contribution in [0.2, 0.25) is 0 Å². The number of hydrogen-bond acceptors (Lipinski definition) is 4. The summed E-state index contributed by atoms with van der Waals surface area (Å²) in [6.07, 6.45) is 1.56. The first-order chi connectivity index (χ1) is 17.2. The predicted octanol–water partition coefficient (Wildman–Crippen LogP) is 6.93. The molecule has 1 aliphatic rings. The molecule has 1 aliphatic heterocycles. The zero-order valence-corrected chi connectivity index (χ0v) is 20.8. The van der Waals surface area contributed by atoms with E-state index in [-0.39, 0.29) is 25.3 Å². The third-order valence-electron chi connectivity index (χ3n) is 6.70. The maximum absolute atomic E-state index is 14.1. The lowest BCUT2D eigenvalue weighted by atomic mass is 9.97. The van der Waals surface area contributed by atoms with Gasteiger partial charge in [0.05, 0.1) is 17.2 Å². The van der Waals surface area contributed by atoms with Gasteiger partial charge in [0.25, 0.3) is 5.91 Å². The van der Waals surface area contributed by atoms with Crippen molar-refractivity contribution in [2.75, 3.05) is 23.3 Å². The van der Waals surface area contributed by atoms with Crippen LogP contribution < -0.4 is 10.2 Å². The Labute approximate surface area is 210 Å². The summed E-state index contributed by atoms with van der Waals surface area (Å²) in [6.45, 7) is 6.55. The van der Waals surface area contributed by atoms with Crippen LogP contribution in [-0.2, 0) is 0 Å². The minimum atomic E-state index is -2.72. The molecule has 3 aromatic rings. The maximum atomic E-state index is 14.1. The van der Waals surface area contributed by atoms with Crippen LogP contribution in [0.4, 0.5) is 20.3 Å². The van der Waals surface area contributed by atoms with Crippen LogP contribution in [0.1, 0.15) is 66.1 Å². The van der Waals surface area contributed by atoms with Gasteiger partial charge in [-0.25, -0.2) is 13.8 Å². The van der Waals surface area contributed by atoms with Crippen LogP contribution in [0, 0.1) is 18.3 Å². The number of anilines is 2. The van der Waals surface area contributed by atoms with Gasteiger partial charge >= 0.3 is 0 Å². The van der Waals surface area contributed by atoms with Gasteiger partial charge in [0.2, 0.25) is 5.92 Å². The number of benzene rings is 2. The molecule has 4 rings (SSSR count). The number of nitrogens with one attached hydrogen (secondary N) is 1. The van der Waals surface area contributed by atoms with Crippen molar-refractivity contribution in [2.24, 2.45) is 0 Å². The number of nitrogens with zero attached hydrogens (tertiary/aromatic N) is 3. The first-order valence-electron chi connectivity index (χ1n) is 12.2. The van der Waals surface area contributed by atoms with Gasteiger partial charge in [-0.2, -0.15) is 5.26 Å². The molecule has 1 fully saturated rings. The van der Waals surface area contributed by atoms with Crippen LogP contribution in [0.15, 0.2) is 54.7 Å². The van der Waals surface area contributed by atoms with Gasteiger partial charge in [-0.1, -0.05) is 38.1 Å². The largest absolute Gasteiger partial charge is 0.356 e. The third kappa shape index (κ3) is 5.54. The highest BCUT2D eigenvalue weighted by Gasteiger charge is 2.33. The maximum Gasteiger partial charge on any atom is 0.259 e. The molecule has 0 atom stereocenters. The first kappa shape index (κ1) is 25.3. The SMILES string of the molecule is Cc1c(-c2ccc(C#N)cc2)cnc(N2CCCC(F)(F)CC2)c1C(=O)Nc1cccc(C(C)C)c1. The lowest BCUT2D eigenvalue weighted by Crippen LogP contribution is -2.30. The number of rotatable bonds is 5. The minimum absolute atomic E-state index is 0.124. The molecule has 186 valence electrons. The van der Waals surface area contributed by atoms with Gasteiger partial charge in [-0.15, -0.1) is 0 Å². The van der Waals surface area contributed by atoms with Crippen molar-refractivity contribution >= 4 is 17.4 Å². The van der Waals surface area contributed by atoms with E-state index < -0.39 is 5.92 Å². The molecule has 5 nitrogen and oxygen atoms in total. The normalized spacial score (nSPS) is 15.3. The highest BCUT2D eigenvalue weighted by molar-refractivity contribution is 6.09. The molecular formula is C29H30F2N4O. The van der Waals surface area contributed by atoms with Crippen LogP contribution >= 0.6 is 0 Å². The number of pyridine rings is 1. The van der Waals surface area contributed by atoms with Gasteiger partial charge in [0.15, 0.2) is 0 Å². The zero-order valence-electron chi connectivity index (χ0n) is 20.8. The Morgan fingerprint density at radius 3 is 2.58 bits per heavy atom. The van der Waals surface area contributed by atoms with Crippen molar-refractivity contribution in [3.63, 3.8) is 0 Å². The molecule has 1 amide bonds. The zero-order chi connectivity index (χ0) is 25.9. The average Bonchev–Trinajstić information content (AvgIpc) is 3.04. The number of aromatic nitrogens is 1. The number of amides is 1. The molecule has 0 saturated carbocycles. The molecule has 36 heavy (non-hydrogen) atoms. The summed E-state index contributed by atoms with van der Waals surface area (Å²) in [7, 11) is 0. The van der Waals surface area contributed by atoms with E-state index in [1.807, 2.05) is 43.3 Å². The first-order valence-corrected chi connectivity index (χ1v) is 12.2. The number of nitriles is 1. The third-order valence-corrected chi connectivity index (χ3v) is 6.70. The van der Waals surface area contributed by atoms with Gasteiger partial charge in [0, 0.05) is 43.4 Å². The van der Waals surface area contributed by atoms with Crippen molar-refractivity contribution in [1.29, 1.82) is 5.26 Å². The second-order valence-electron chi connectivity index (χ2n) is 9.62. The van der Waals surface area contributed by atoms with Crippen molar-refractivity contribution in [3.8, 4) is 17.2 Å². The second-order valence-corrected chi connectivity index (χ2v) is 9.62. The molecule has 0 radical (unpaired) electrons. The molecule has 0 spiro atoms. The molecule has 1 aromatic heterocycles. The minimum Gasteiger partial charge on any atom is -0.356 e. The summed E-state index contributed by atoms with van der Waals surface area (Å²) in [4.78, 5) is 20.1. The molecule has 1 N–H and O–H groups in total. The fraction of sp³-hybridized carbons (Fsp3) is 0.345. The van der Waals surface area contributed by atoms with Gasteiger partial charge in [0.1, 0.15) is 5.82 Å². The van der Waals surface area contributed by atoms with Crippen LogP contribution in [-0.4, -0.2) is 29.9 Å². The van der Waals surface area contributed by atoms with E-state index in [2.05, 4.69) is 30.2 Å². The standard InChI is InChI=1S/C29H30F2N4O/c1-19(2)23-6-4-7-24(16-23)34-28(36)26-20(3)25(22-10-8-21(17-32)9-11-22)18-33-27(26)35-14-5-12-29(30,31)13-15-35/h4,6-11,16,18-19H,5,12-15H2,1-3H3,(H,34,36). The monoisotopic (exact) mass is 488 g/mol. The Kier molecular flexibility index (Phi) is 7.35. The topological polar surface area (TPSA) is 69.0 Å². The number of carbonyl (C=O) groups excluding carboxylic acids is 1. The number of alkyl halides is 2. The quantitative estimate of drug-likeness (QED) is 0.423. The molecule has 2 heterocycles. The summed E-state index contributed by atoms with van der Waals surface area (Å²) in [5, 5.41) is 12.1. The van der Waals surface area contributed by atoms with E-state index in [0.717, 1.165) is 16.7 Å². The number of hydrogen-bond donors (Lipinski definition) is 1. The highest BCUT2D eigenvalue weighted by Crippen LogP contribution is 2.35. The molecule has 7 heteroatoms. The van der Waals surface area contributed by atoms with Gasteiger partial charge in [-0.3, -0.25) is 4.79 Å². The summed E-state index contributed by atoms with van der Waals surface area (Å²) in [6, 6.07) is 16.9. The molecule has 0 unspecified atom stereocenters. The lowest BCUT2D eigenvalue weighted by Gasteiger charge is -2.26. The van der Waals surface area contributed by atoms with Crippen molar-refractivity contribution in [1.82, 2.24) is 4.98 Å². The second kappa shape index (κ2) is 10.4. The van der Waals surface area contributed by atoms with E-state index in [0.29, 0.717) is 47.1 Å². The van der Waals surface area contributed by atoms with E-state index in [1.54, 1.807) is 23.2 Å². The Bertz CT molecular complexity index is 1300. The van der Waals surface area contributed by atoms with E-state index in [4.69, 9.17) is 5.26 Å². The van der Waals surface area contributed by atoms with Gasteiger partial charge < -0.3 is 10.2 Å². The highest BCUT2D eigenvalue weighted by atomic mass is 19.3. The fourth-order valence-corrected chi connectivity index (χ4v) is 4.56. The van der Waals surface area contributed by atoms with E-state index in [1.165, 1.54) is 0 Å². The summed E-state index contributed by atoms with van der Waals surface area (Å²) in [5.74, 6) is -2.33. The average molecular weight is 489 g/mol. The summed E-state index contributed by atoms with van der Waals surface area (Å²) in [5.41, 5.74) is 4.96. The molecule has 1 saturated heterocycles. The molecular weight excluding hydrogens is 458 g/mol. The Morgan fingerprint density at radius 1 is 1.14 bits per heavy atom. The fourth-order valence-electron chi connectivity index (χ4n) is 4.56.